The van der Waals surface area contributed by atoms with Crippen molar-refractivity contribution >= 4 is 27.7 Å². The molecule has 1 aromatic rings. The molecule has 2 amide bonds. The van der Waals surface area contributed by atoms with Crippen LogP contribution in [0, 0.1) is 0 Å². The molecule has 1 aliphatic heterocycles. The van der Waals surface area contributed by atoms with Gasteiger partial charge in [0.05, 0.1) is 12.5 Å². The van der Waals surface area contributed by atoms with E-state index in [9.17, 15) is 9.59 Å². The second-order valence-corrected chi connectivity index (χ2v) is 6.54. The van der Waals surface area contributed by atoms with Crippen molar-refractivity contribution in [3.05, 3.63) is 34.3 Å². The van der Waals surface area contributed by atoms with Crippen LogP contribution in [0.3, 0.4) is 0 Å². The minimum Gasteiger partial charge on any atom is -0.352 e. The Morgan fingerprint density at radius 3 is 2.68 bits per heavy atom. The first kappa shape index (κ1) is 17.0. The molecule has 0 spiro atoms. The predicted molar refractivity (Wildman–Crippen MR) is 89.4 cm³/mol. The molecular formula is C16H22BrN3O2. The third kappa shape index (κ3) is 5.42. The fraction of sp³-hybridized carbons (Fsp3) is 0.500. The van der Waals surface area contributed by atoms with Crippen LogP contribution >= 0.6 is 15.9 Å². The van der Waals surface area contributed by atoms with E-state index in [1.54, 1.807) is 0 Å². The number of benzene rings is 1. The number of amides is 2. The fourth-order valence-electron chi connectivity index (χ4n) is 2.64. The van der Waals surface area contributed by atoms with Crippen LogP contribution in [0.25, 0.3) is 0 Å². The maximum absolute atomic E-state index is 12.2. The molecule has 1 heterocycles. The van der Waals surface area contributed by atoms with Crippen molar-refractivity contribution in [3.63, 3.8) is 0 Å². The zero-order valence-electron chi connectivity index (χ0n) is 12.7. The van der Waals surface area contributed by atoms with Crippen molar-refractivity contribution in [2.24, 2.45) is 0 Å². The van der Waals surface area contributed by atoms with Gasteiger partial charge in [0.1, 0.15) is 0 Å². The quantitative estimate of drug-likeness (QED) is 0.743. The van der Waals surface area contributed by atoms with Gasteiger partial charge in [-0.3, -0.25) is 9.59 Å². The third-order valence-electron chi connectivity index (χ3n) is 3.70. The molecule has 0 radical (unpaired) electrons. The Kier molecular flexibility index (Phi) is 6.39. The molecule has 5 nitrogen and oxygen atoms in total. The molecule has 3 N–H and O–H groups in total. The van der Waals surface area contributed by atoms with Crippen molar-refractivity contribution in [2.75, 3.05) is 13.1 Å². The molecule has 1 aromatic carbocycles. The SMILES string of the molecule is CC(=O)NC(CC(=O)NC1CCCNC1)c1ccc(Br)cc1. The van der Waals surface area contributed by atoms with Crippen LogP contribution in [0.15, 0.2) is 28.7 Å². The summed E-state index contributed by atoms with van der Waals surface area (Å²) in [6, 6.07) is 7.53. The molecule has 0 bridgehead atoms. The highest BCUT2D eigenvalue weighted by atomic mass is 79.9. The van der Waals surface area contributed by atoms with Gasteiger partial charge in [0.2, 0.25) is 11.8 Å². The third-order valence-corrected chi connectivity index (χ3v) is 4.23. The molecule has 22 heavy (non-hydrogen) atoms. The zero-order valence-corrected chi connectivity index (χ0v) is 14.3. The molecule has 2 unspecified atom stereocenters. The molecule has 1 saturated heterocycles. The molecule has 6 heteroatoms. The Bertz CT molecular complexity index is 513. The minimum atomic E-state index is -0.304. The van der Waals surface area contributed by atoms with Crippen LogP contribution in [-0.2, 0) is 9.59 Å². The molecule has 0 aliphatic carbocycles. The molecule has 120 valence electrons. The van der Waals surface area contributed by atoms with Crippen LogP contribution in [-0.4, -0.2) is 30.9 Å². The maximum atomic E-state index is 12.2. The summed E-state index contributed by atoms with van der Waals surface area (Å²) < 4.78 is 0.968. The van der Waals surface area contributed by atoms with Gasteiger partial charge in [-0.2, -0.15) is 0 Å². The highest BCUT2D eigenvalue weighted by Crippen LogP contribution is 2.20. The second kappa shape index (κ2) is 8.29. The van der Waals surface area contributed by atoms with Crippen LogP contribution in [0.2, 0.25) is 0 Å². The number of carbonyl (C=O) groups excluding carboxylic acids is 2. The minimum absolute atomic E-state index is 0.0321. The average Bonchev–Trinajstić information content (AvgIpc) is 2.48. The maximum Gasteiger partial charge on any atom is 0.222 e. The van der Waals surface area contributed by atoms with E-state index in [2.05, 4.69) is 31.9 Å². The monoisotopic (exact) mass is 367 g/mol. The summed E-state index contributed by atoms with van der Waals surface area (Å²) in [7, 11) is 0. The topological polar surface area (TPSA) is 70.2 Å². The largest absolute Gasteiger partial charge is 0.352 e. The van der Waals surface area contributed by atoms with Crippen LogP contribution in [0.5, 0.6) is 0 Å². The van der Waals surface area contributed by atoms with E-state index in [4.69, 9.17) is 0 Å². The van der Waals surface area contributed by atoms with Crippen LogP contribution in [0.4, 0.5) is 0 Å². The number of hydrogen-bond acceptors (Lipinski definition) is 3. The summed E-state index contributed by atoms with van der Waals surface area (Å²) in [5.74, 6) is -0.171. The lowest BCUT2D eigenvalue weighted by Gasteiger charge is -2.25. The molecule has 2 rings (SSSR count). The first-order chi connectivity index (χ1) is 10.5. The highest BCUT2D eigenvalue weighted by Gasteiger charge is 2.20. The van der Waals surface area contributed by atoms with E-state index in [1.807, 2.05) is 24.3 Å². The summed E-state index contributed by atoms with van der Waals surface area (Å²) in [5, 5.41) is 9.17. The van der Waals surface area contributed by atoms with Gasteiger partial charge >= 0.3 is 0 Å². The van der Waals surface area contributed by atoms with E-state index in [0.29, 0.717) is 0 Å². The van der Waals surface area contributed by atoms with E-state index >= 15 is 0 Å². The lowest BCUT2D eigenvalue weighted by atomic mass is 10.0. The smallest absolute Gasteiger partial charge is 0.222 e. The normalized spacial score (nSPS) is 19.3. The van der Waals surface area contributed by atoms with Crippen molar-refractivity contribution in [2.45, 2.75) is 38.3 Å². The predicted octanol–water partition coefficient (Wildman–Crippen LogP) is 1.88. The van der Waals surface area contributed by atoms with Crippen molar-refractivity contribution in [3.8, 4) is 0 Å². The van der Waals surface area contributed by atoms with E-state index in [0.717, 1.165) is 36.0 Å². The van der Waals surface area contributed by atoms with E-state index < -0.39 is 0 Å². The van der Waals surface area contributed by atoms with Gasteiger partial charge in [-0.15, -0.1) is 0 Å². The summed E-state index contributed by atoms with van der Waals surface area (Å²) in [6.07, 6.45) is 2.33. The summed E-state index contributed by atoms with van der Waals surface area (Å²) >= 11 is 3.39. The van der Waals surface area contributed by atoms with Crippen molar-refractivity contribution < 1.29 is 9.59 Å². The molecule has 2 atom stereocenters. The van der Waals surface area contributed by atoms with Gasteiger partial charge in [-0.05, 0) is 37.1 Å². The Morgan fingerprint density at radius 1 is 1.36 bits per heavy atom. The Morgan fingerprint density at radius 2 is 2.09 bits per heavy atom. The van der Waals surface area contributed by atoms with Gasteiger partial charge in [0.15, 0.2) is 0 Å². The van der Waals surface area contributed by atoms with Gasteiger partial charge < -0.3 is 16.0 Å². The first-order valence-electron chi connectivity index (χ1n) is 7.57. The lowest BCUT2D eigenvalue weighted by molar-refractivity contribution is -0.123. The molecule has 0 aromatic heterocycles. The zero-order chi connectivity index (χ0) is 15.9. The standard InChI is InChI=1S/C16H22BrN3O2/c1-11(21)19-15(12-4-6-13(17)7-5-12)9-16(22)20-14-3-2-8-18-10-14/h4-7,14-15,18H,2-3,8-10H2,1H3,(H,19,21)(H,20,22). The van der Waals surface area contributed by atoms with E-state index in [-0.39, 0.29) is 30.3 Å². The first-order valence-corrected chi connectivity index (χ1v) is 8.36. The number of halogens is 1. The highest BCUT2D eigenvalue weighted by molar-refractivity contribution is 9.10. The Labute approximate surface area is 139 Å². The van der Waals surface area contributed by atoms with Gasteiger partial charge in [0, 0.05) is 24.0 Å². The number of piperidine rings is 1. The number of carbonyl (C=O) groups is 2. The van der Waals surface area contributed by atoms with Gasteiger partial charge in [0.25, 0.3) is 0 Å². The number of nitrogens with one attached hydrogen (secondary N) is 3. The number of rotatable bonds is 5. The number of hydrogen-bond donors (Lipinski definition) is 3. The summed E-state index contributed by atoms with van der Waals surface area (Å²) in [4.78, 5) is 23.6. The molecule has 1 fully saturated rings. The second-order valence-electron chi connectivity index (χ2n) is 5.62. The summed E-state index contributed by atoms with van der Waals surface area (Å²) in [6.45, 7) is 3.30. The fourth-order valence-corrected chi connectivity index (χ4v) is 2.90. The molecule has 0 saturated carbocycles. The van der Waals surface area contributed by atoms with Crippen molar-refractivity contribution in [1.82, 2.24) is 16.0 Å². The average molecular weight is 368 g/mol. The Balaban J connectivity index is 1.97. The lowest BCUT2D eigenvalue weighted by Crippen LogP contribution is -2.46. The van der Waals surface area contributed by atoms with Crippen molar-refractivity contribution in [1.29, 1.82) is 0 Å². The Hall–Kier alpha value is -1.40. The van der Waals surface area contributed by atoms with Gasteiger partial charge in [-0.1, -0.05) is 28.1 Å². The van der Waals surface area contributed by atoms with Crippen LogP contribution < -0.4 is 16.0 Å². The van der Waals surface area contributed by atoms with E-state index in [1.165, 1.54) is 6.92 Å². The molecule has 1 aliphatic rings. The summed E-state index contributed by atoms with van der Waals surface area (Å²) in [5.41, 5.74) is 0.926. The van der Waals surface area contributed by atoms with Gasteiger partial charge in [-0.25, -0.2) is 0 Å². The van der Waals surface area contributed by atoms with Crippen LogP contribution in [0.1, 0.15) is 37.8 Å². The molecular weight excluding hydrogens is 346 g/mol.